The molecule has 0 atom stereocenters. The topological polar surface area (TPSA) is 46.5 Å². The smallest absolute Gasteiger partial charge is 0.110 e. The molecule has 2 heterocycles. The fraction of sp³-hybridized carbons (Fsp3) is 0.400. The zero-order valence-electron chi connectivity index (χ0n) is 8.70. The molecule has 74 valence electrons. The molecule has 0 saturated heterocycles. The van der Waals surface area contributed by atoms with Crippen molar-refractivity contribution in [1.82, 2.24) is 20.0 Å². The predicted octanol–water partition coefficient (Wildman–Crippen LogP) is 1.68. The summed E-state index contributed by atoms with van der Waals surface area (Å²) in [5.74, 6) is 0. The molecule has 14 heavy (non-hydrogen) atoms. The van der Waals surface area contributed by atoms with E-state index in [1.807, 2.05) is 24.7 Å². The molecule has 0 unspecified atom stereocenters. The number of nitrogens with one attached hydrogen (secondary N) is 1. The highest BCUT2D eigenvalue weighted by Gasteiger charge is 2.08. The lowest BCUT2D eigenvalue weighted by molar-refractivity contribution is 0.761. The van der Waals surface area contributed by atoms with Crippen LogP contribution in [0.4, 0.5) is 0 Å². The summed E-state index contributed by atoms with van der Waals surface area (Å²) in [4.78, 5) is 0. The minimum atomic E-state index is 0.963. The second kappa shape index (κ2) is 3.29. The largest absolute Gasteiger partial charge is 0.282 e. The van der Waals surface area contributed by atoms with Crippen LogP contribution in [0, 0.1) is 6.92 Å². The highest BCUT2D eigenvalue weighted by Crippen LogP contribution is 2.17. The van der Waals surface area contributed by atoms with E-state index in [2.05, 4.69) is 28.3 Å². The molecule has 0 aliphatic heterocycles. The number of hydrogen-bond donors (Lipinski definition) is 1. The molecular weight excluding hydrogens is 176 g/mol. The normalized spacial score (nSPS) is 10.8. The van der Waals surface area contributed by atoms with Gasteiger partial charge in [-0.25, -0.2) is 0 Å². The molecule has 0 bridgehead atoms. The Morgan fingerprint density at radius 1 is 1.43 bits per heavy atom. The van der Waals surface area contributed by atoms with Crippen LogP contribution >= 0.6 is 0 Å². The van der Waals surface area contributed by atoms with Crippen molar-refractivity contribution < 1.29 is 0 Å². The van der Waals surface area contributed by atoms with Gasteiger partial charge in [-0.3, -0.25) is 9.78 Å². The lowest BCUT2D eigenvalue weighted by Gasteiger charge is -1.94. The maximum absolute atomic E-state index is 4.29. The molecule has 0 fully saturated rings. The molecule has 4 nitrogen and oxygen atoms in total. The quantitative estimate of drug-likeness (QED) is 0.783. The fourth-order valence-corrected chi connectivity index (χ4v) is 1.52. The second-order valence-corrected chi connectivity index (χ2v) is 3.43. The van der Waals surface area contributed by atoms with Gasteiger partial charge in [0.2, 0.25) is 0 Å². The Kier molecular flexibility index (Phi) is 2.11. The number of aromatic amines is 1. The van der Waals surface area contributed by atoms with Gasteiger partial charge in [0.15, 0.2) is 0 Å². The highest BCUT2D eigenvalue weighted by atomic mass is 15.3. The fourth-order valence-electron chi connectivity index (χ4n) is 1.52. The minimum absolute atomic E-state index is 0.963. The van der Waals surface area contributed by atoms with Crippen LogP contribution in [0.5, 0.6) is 0 Å². The van der Waals surface area contributed by atoms with Crippen molar-refractivity contribution in [2.45, 2.75) is 20.3 Å². The van der Waals surface area contributed by atoms with Crippen LogP contribution in [0.2, 0.25) is 0 Å². The van der Waals surface area contributed by atoms with E-state index in [1.165, 1.54) is 0 Å². The summed E-state index contributed by atoms with van der Waals surface area (Å²) in [5.41, 5.74) is 4.19. The first-order chi connectivity index (χ1) is 6.70. The summed E-state index contributed by atoms with van der Waals surface area (Å²) < 4.78 is 1.85. The Labute approximate surface area is 83.0 Å². The van der Waals surface area contributed by atoms with E-state index in [0.717, 1.165) is 29.2 Å². The van der Waals surface area contributed by atoms with Crippen LogP contribution in [-0.4, -0.2) is 20.0 Å². The average Bonchev–Trinajstić information content (AvgIpc) is 2.71. The van der Waals surface area contributed by atoms with Crippen molar-refractivity contribution in [3.05, 3.63) is 23.5 Å². The number of aromatic nitrogens is 4. The van der Waals surface area contributed by atoms with E-state index in [4.69, 9.17) is 0 Å². The summed E-state index contributed by atoms with van der Waals surface area (Å²) >= 11 is 0. The van der Waals surface area contributed by atoms with E-state index in [9.17, 15) is 0 Å². The third-order valence-electron chi connectivity index (χ3n) is 2.28. The van der Waals surface area contributed by atoms with Crippen LogP contribution in [-0.2, 0) is 13.5 Å². The van der Waals surface area contributed by atoms with Gasteiger partial charge >= 0.3 is 0 Å². The molecule has 0 aliphatic rings. The van der Waals surface area contributed by atoms with Gasteiger partial charge in [0, 0.05) is 12.7 Å². The highest BCUT2D eigenvalue weighted by molar-refractivity contribution is 5.55. The van der Waals surface area contributed by atoms with Crippen LogP contribution in [0.1, 0.15) is 18.3 Å². The molecule has 0 saturated carbocycles. The first-order valence-electron chi connectivity index (χ1n) is 4.76. The zero-order valence-corrected chi connectivity index (χ0v) is 8.70. The molecule has 2 rings (SSSR count). The summed E-state index contributed by atoms with van der Waals surface area (Å²) in [6.07, 6.45) is 0.976. The van der Waals surface area contributed by atoms with Gasteiger partial charge in [0.25, 0.3) is 0 Å². The second-order valence-electron chi connectivity index (χ2n) is 3.43. The third kappa shape index (κ3) is 1.43. The number of nitrogens with zero attached hydrogens (tertiary/aromatic N) is 3. The first kappa shape index (κ1) is 8.99. The van der Waals surface area contributed by atoms with E-state index < -0.39 is 0 Å². The molecule has 0 spiro atoms. The standard InChI is InChI=1S/C10H14N4/c1-4-8-6-9(12-11-8)10-5-7(2)13-14(10)3/h5-6H,4H2,1-3H3,(H,11,12). The zero-order chi connectivity index (χ0) is 10.1. The maximum atomic E-state index is 4.29. The SMILES string of the molecule is CCc1cc(-c2cc(C)nn2C)n[nH]1. The Balaban J connectivity index is 2.43. The van der Waals surface area contributed by atoms with Gasteiger partial charge in [0.1, 0.15) is 5.69 Å². The van der Waals surface area contributed by atoms with Crippen LogP contribution < -0.4 is 0 Å². The maximum Gasteiger partial charge on any atom is 0.110 e. The molecule has 0 radical (unpaired) electrons. The molecule has 2 aromatic heterocycles. The van der Waals surface area contributed by atoms with Gasteiger partial charge in [-0.05, 0) is 25.5 Å². The average molecular weight is 190 g/mol. The Bertz CT molecular complexity index is 439. The molecule has 1 N–H and O–H groups in total. The summed E-state index contributed by atoms with van der Waals surface area (Å²) in [6, 6.07) is 4.10. The molecular formula is C10H14N4. The van der Waals surface area contributed by atoms with Crippen molar-refractivity contribution >= 4 is 0 Å². The van der Waals surface area contributed by atoms with Crippen molar-refractivity contribution in [3.63, 3.8) is 0 Å². The molecule has 0 amide bonds. The van der Waals surface area contributed by atoms with Gasteiger partial charge < -0.3 is 0 Å². The third-order valence-corrected chi connectivity index (χ3v) is 2.28. The van der Waals surface area contributed by atoms with Crippen LogP contribution in [0.3, 0.4) is 0 Å². The van der Waals surface area contributed by atoms with E-state index in [-0.39, 0.29) is 0 Å². The Morgan fingerprint density at radius 2 is 2.21 bits per heavy atom. The predicted molar refractivity (Wildman–Crippen MR) is 54.9 cm³/mol. The lowest BCUT2D eigenvalue weighted by atomic mass is 10.2. The summed E-state index contributed by atoms with van der Waals surface area (Å²) in [5, 5.41) is 11.5. The number of H-pyrrole nitrogens is 1. The van der Waals surface area contributed by atoms with Gasteiger partial charge in [0.05, 0.1) is 11.4 Å². The monoisotopic (exact) mass is 190 g/mol. The van der Waals surface area contributed by atoms with Crippen LogP contribution in [0.25, 0.3) is 11.4 Å². The number of rotatable bonds is 2. The minimum Gasteiger partial charge on any atom is -0.282 e. The summed E-state index contributed by atoms with van der Waals surface area (Å²) in [6.45, 7) is 4.09. The summed E-state index contributed by atoms with van der Waals surface area (Å²) in [7, 11) is 1.93. The van der Waals surface area contributed by atoms with Crippen molar-refractivity contribution in [3.8, 4) is 11.4 Å². The Hall–Kier alpha value is -1.58. The molecule has 2 aromatic rings. The Morgan fingerprint density at radius 3 is 2.71 bits per heavy atom. The van der Waals surface area contributed by atoms with Crippen molar-refractivity contribution in [2.24, 2.45) is 7.05 Å². The van der Waals surface area contributed by atoms with E-state index in [1.54, 1.807) is 0 Å². The van der Waals surface area contributed by atoms with Gasteiger partial charge in [-0.2, -0.15) is 10.2 Å². The van der Waals surface area contributed by atoms with Crippen LogP contribution in [0.15, 0.2) is 12.1 Å². The first-order valence-corrected chi connectivity index (χ1v) is 4.76. The van der Waals surface area contributed by atoms with Gasteiger partial charge in [-0.1, -0.05) is 6.92 Å². The van der Waals surface area contributed by atoms with Gasteiger partial charge in [-0.15, -0.1) is 0 Å². The van der Waals surface area contributed by atoms with Crippen molar-refractivity contribution in [2.75, 3.05) is 0 Å². The van der Waals surface area contributed by atoms with E-state index in [0.29, 0.717) is 0 Å². The number of aryl methyl sites for hydroxylation is 3. The molecule has 0 aromatic carbocycles. The number of hydrogen-bond acceptors (Lipinski definition) is 2. The lowest BCUT2D eigenvalue weighted by Crippen LogP contribution is -1.93. The van der Waals surface area contributed by atoms with E-state index >= 15 is 0 Å². The molecule has 0 aliphatic carbocycles. The molecule has 4 heteroatoms. The van der Waals surface area contributed by atoms with Crippen molar-refractivity contribution in [1.29, 1.82) is 0 Å².